The molecule has 2 aromatic heterocycles. The van der Waals surface area contributed by atoms with Crippen molar-refractivity contribution in [3.05, 3.63) is 77.4 Å². The lowest BCUT2D eigenvalue weighted by Gasteiger charge is -2.12. The van der Waals surface area contributed by atoms with Crippen LogP contribution in [0.2, 0.25) is 0 Å². The highest BCUT2D eigenvalue weighted by atomic mass is 32.1. The van der Waals surface area contributed by atoms with E-state index in [2.05, 4.69) is 47.4 Å². The Labute approximate surface area is 126 Å². The van der Waals surface area contributed by atoms with Crippen LogP contribution in [0.1, 0.15) is 16.5 Å². The summed E-state index contributed by atoms with van der Waals surface area (Å²) in [6.45, 7) is 0. The van der Waals surface area contributed by atoms with Crippen molar-refractivity contribution in [1.29, 1.82) is 0 Å². The topological polar surface area (TPSA) is 38.9 Å². The van der Waals surface area contributed by atoms with Crippen LogP contribution in [0.15, 0.2) is 67.0 Å². The van der Waals surface area contributed by atoms with Gasteiger partial charge in [0.05, 0.1) is 6.04 Å². The zero-order valence-electron chi connectivity index (χ0n) is 11.4. The second kappa shape index (κ2) is 4.95. The molecule has 0 spiro atoms. The van der Waals surface area contributed by atoms with Crippen molar-refractivity contribution in [3.63, 3.8) is 0 Å². The van der Waals surface area contributed by atoms with Gasteiger partial charge in [0, 0.05) is 27.4 Å². The molecule has 1 unspecified atom stereocenters. The monoisotopic (exact) mass is 290 g/mol. The number of benzene rings is 2. The van der Waals surface area contributed by atoms with Crippen molar-refractivity contribution in [2.45, 2.75) is 6.04 Å². The minimum Gasteiger partial charge on any atom is -0.320 e. The van der Waals surface area contributed by atoms with Gasteiger partial charge in [-0.25, -0.2) is 0 Å². The maximum atomic E-state index is 6.54. The predicted molar refractivity (Wildman–Crippen MR) is 89.6 cm³/mol. The van der Waals surface area contributed by atoms with Gasteiger partial charge in [0.2, 0.25) is 0 Å². The molecule has 4 rings (SSSR count). The highest BCUT2D eigenvalue weighted by Crippen LogP contribution is 2.34. The molecule has 0 aliphatic carbocycles. The fourth-order valence-electron chi connectivity index (χ4n) is 2.73. The number of aromatic nitrogens is 1. The number of nitrogens with zero attached hydrogens (tertiary/aromatic N) is 1. The van der Waals surface area contributed by atoms with Crippen molar-refractivity contribution in [2.75, 3.05) is 0 Å². The molecule has 21 heavy (non-hydrogen) atoms. The number of nitrogens with two attached hydrogens (primary N) is 1. The van der Waals surface area contributed by atoms with Crippen LogP contribution in [0.25, 0.3) is 20.9 Å². The van der Waals surface area contributed by atoms with Gasteiger partial charge in [0.25, 0.3) is 0 Å². The summed E-state index contributed by atoms with van der Waals surface area (Å²) in [4.78, 5) is 5.38. The Balaban J connectivity index is 1.87. The molecule has 0 radical (unpaired) electrons. The average Bonchev–Trinajstić information content (AvgIpc) is 2.97. The second-order valence-electron chi connectivity index (χ2n) is 5.11. The third-order valence-corrected chi connectivity index (χ3v) is 5.00. The molecule has 3 heteroatoms. The van der Waals surface area contributed by atoms with E-state index in [0.29, 0.717) is 0 Å². The van der Waals surface area contributed by atoms with Crippen LogP contribution < -0.4 is 5.73 Å². The van der Waals surface area contributed by atoms with E-state index in [1.807, 2.05) is 24.5 Å². The molecule has 0 saturated heterocycles. The summed E-state index contributed by atoms with van der Waals surface area (Å²) in [6.07, 6.45) is 3.71. The Morgan fingerprint density at radius 3 is 2.71 bits per heavy atom. The molecule has 0 aliphatic rings. The van der Waals surface area contributed by atoms with Crippen molar-refractivity contribution in [3.8, 4) is 0 Å². The molecule has 2 heterocycles. The normalized spacial score (nSPS) is 12.8. The highest BCUT2D eigenvalue weighted by Gasteiger charge is 2.14. The van der Waals surface area contributed by atoms with E-state index in [0.717, 1.165) is 10.9 Å². The molecule has 102 valence electrons. The van der Waals surface area contributed by atoms with Crippen LogP contribution in [-0.2, 0) is 0 Å². The van der Waals surface area contributed by atoms with E-state index in [1.54, 1.807) is 11.3 Å². The van der Waals surface area contributed by atoms with E-state index in [4.69, 9.17) is 5.73 Å². The quantitative estimate of drug-likeness (QED) is 0.590. The Bertz CT molecular complexity index is 888. The molecule has 2 nitrogen and oxygen atoms in total. The van der Waals surface area contributed by atoms with Crippen LogP contribution in [0.3, 0.4) is 0 Å². The first-order chi connectivity index (χ1) is 10.3. The number of thiophene rings is 1. The zero-order valence-corrected chi connectivity index (χ0v) is 12.2. The first-order valence-corrected chi connectivity index (χ1v) is 7.71. The van der Waals surface area contributed by atoms with Crippen molar-refractivity contribution in [1.82, 2.24) is 4.98 Å². The first kappa shape index (κ1) is 12.5. The van der Waals surface area contributed by atoms with Crippen molar-refractivity contribution >= 4 is 32.2 Å². The molecule has 0 saturated carbocycles. The van der Waals surface area contributed by atoms with Gasteiger partial charge >= 0.3 is 0 Å². The number of hydrogen-bond acceptors (Lipinski definition) is 3. The lowest BCUT2D eigenvalue weighted by molar-refractivity contribution is 0.904. The van der Waals surface area contributed by atoms with Gasteiger partial charge in [-0.05, 0) is 34.5 Å². The van der Waals surface area contributed by atoms with Crippen LogP contribution >= 0.6 is 11.3 Å². The van der Waals surface area contributed by atoms with Gasteiger partial charge in [-0.1, -0.05) is 36.4 Å². The Morgan fingerprint density at radius 1 is 0.952 bits per heavy atom. The minimum atomic E-state index is -0.103. The molecule has 0 fully saturated rings. The lowest BCUT2D eigenvalue weighted by atomic mass is 9.99. The molecular formula is C18H14N2S. The summed E-state index contributed by atoms with van der Waals surface area (Å²) >= 11 is 1.77. The molecule has 0 amide bonds. The Kier molecular flexibility index (Phi) is 2.95. The summed E-state index contributed by atoms with van der Waals surface area (Å²) in [6, 6.07) is 18.8. The maximum Gasteiger partial charge on any atom is 0.0652 e. The lowest BCUT2D eigenvalue weighted by Crippen LogP contribution is -2.10. The Hall–Kier alpha value is -2.23. The van der Waals surface area contributed by atoms with E-state index >= 15 is 0 Å². The molecule has 4 aromatic rings. The number of rotatable bonds is 2. The van der Waals surface area contributed by atoms with Gasteiger partial charge in [-0.15, -0.1) is 11.3 Å². The van der Waals surface area contributed by atoms with Gasteiger partial charge in [0.1, 0.15) is 0 Å². The van der Waals surface area contributed by atoms with Gasteiger partial charge in [-0.2, -0.15) is 0 Å². The van der Waals surface area contributed by atoms with E-state index in [1.165, 1.54) is 20.3 Å². The van der Waals surface area contributed by atoms with Crippen LogP contribution in [0, 0.1) is 0 Å². The predicted octanol–water partition coefficient (Wildman–Crippen LogP) is 4.50. The smallest absolute Gasteiger partial charge is 0.0652 e. The van der Waals surface area contributed by atoms with Gasteiger partial charge in [-0.3, -0.25) is 4.98 Å². The molecule has 2 aromatic carbocycles. The third kappa shape index (κ3) is 2.11. The van der Waals surface area contributed by atoms with Crippen molar-refractivity contribution < 1.29 is 0 Å². The maximum absolute atomic E-state index is 6.54. The standard InChI is InChI=1S/C18H14N2S/c19-18(17-10-12-4-1-2-7-16(12)21-17)15-6-3-5-13-11-20-9-8-14(13)15/h1-11,18H,19H2. The zero-order chi connectivity index (χ0) is 14.2. The van der Waals surface area contributed by atoms with E-state index < -0.39 is 0 Å². The van der Waals surface area contributed by atoms with Crippen molar-refractivity contribution in [2.24, 2.45) is 5.73 Å². The second-order valence-corrected chi connectivity index (χ2v) is 6.22. The molecule has 0 aliphatic heterocycles. The first-order valence-electron chi connectivity index (χ1n) is 6.89. The summed E-state index contributed by atoms with van der Waals surface area (Å²) < 4.78 is 1.28. The molecule has 2 N–H and O–H groups in total. The Morgan fingerprint density at radius 2 is 1.81 bits per heavy atom. The largest absolute Gasteiger partial charge is 0.320 e. The SMILES string of the molecule is NC(c1cc2ccccc2s1)c1cccc2cnccc12. The fourth-order valence-corrected chi connectivity index (χ4v) is 3.81. The van der Waals surface area contributed by atoms with E-state index in [9.17, 15) is 0 Å². The number of pyridine rings is 1. The van der Waals surface area contributed by atoms with Gasteiger partial charge in [0.15, 0.2) is 0 Å². The average molecular weight is 290 g/mol. The van der Waals surface area contributed by atoms with Crippen LogP contribution in [-0.4, -0.2) is 4.98 Å². The molecule has 0 bridgehead atoms. The molecule has 1 atom stereocenters. The van der Waals surface area contributed by atoms with E-state index in [-0.39, 0.29) is 6.04 Å². The van der Waals surface area contributed by atoms with Crippen LogP contribution in [0.4, 0.5) is 0 Å². The summed E-state index contributed by atoms with van der Waals surface area (Å²) in [7, 11) is 0. The fraction of sp³-hybridized carbons (Fsp3) is 0.0556. The van der Waals surface area contributed by atoms with Crippen LogP contribution in [0.5, 0.6) is 0 Å². The summed E-state index contributed by atoms with van der Waals surface area (Å²) in [5.74, 6) is 0. The highest BCUT2D eigenvalue weighted by molar-refractivity contribution is 7.19. The number of hydrogen-bond donors (Lipinski definition) is 1. The summed E-state index contributed by atoms with van der Waals surface area (Å²) in [5.41, 5.74) is 7.69. The number of fused-ring (bicyclic) bond motifs is 2. The summed E-state index contributed by atoms with van der Waals surface area (Å²) in [5, 5.41) is 3.57. The molecular weight excluding hydrogens is 276 g/mol. The third-order valence-electron chi connectivity index (χ3n) is 3.80. The van der Waals surface area contributed by atoms with Gasteiger partial charge < -0.3 is 5.73 Å². The minimum absolute atomic E-state index is 0.103.